The zero-order valence-corrected chi connectivity index (χ0v) is 21.4. The number of anilines is 1. The fraction of sp³-hybridized carbons (Fsp3) is 0.615. The molecule has 0 saturated heterocycles. The molecule has 192 valence electrons. The minimum absolute atomic E-state index is 0.00393. The molecule has 0 amide bonds. The number of ether oxygens (including phenoxy) is 3. The van der Waals surface area contributed by atoms with E-state index in [4.69, 9.17) is 24.0 Å². The highest BCUT2D eigenvalue weighted by Crippen LogP contribution is 2.27. The summed E-state index contributed by atoms with van der Waals surface area (Å²) in [5, 5.41) is 4.16. The van der Waals surface area contributed by atoms with E-state index < -0.39 is 24.1 Å². The Hall–Kier alpha value is -2.94. The van der Waals surface area contributed by atoms with E-state index in [-0.39, 0.29) is 18.8 Å². The third-order valence-corrected chi connectivity index (χ3v) is 6.07. The molecule has 1 aromatic heterocycles. The second-order valence-corrected chi connectivity index (χ2v) is 9.17. The van der Waals surface area contributed by atoms with Gasteiger partial charge in [-0.15, -0.1) is 0 Å². The van der Waals surface area contributed by atoms with Crippen molar-refractivity contribution in [3.63, 3.8) is 0 Å². The fourth-order valence-electron chi connectivity index (χ4n) is 4.22. The van der Waals surface area contributed by atoms with Crippen molar-refractivity contribution in [1.82, 2.24) is 4.98 Å². The Kier molecular flexibility index (Phi) is 9.65. The number of fused-ring (bicyclic) bond motifs is 1. The maximum Gasteiger partial charge on any atom is 0.303 e. The van der Waals surface area contributed by atoms with Crippen molar-refractivity contribution in [3.8, 4) is 0 Å². The van der Waals surface area contributed by atoms with Crippen LogP contribution in [0.25, 0.3) is 0 Å². The largest absolute Gasteiger partial charge is 0.463 e. The zero-order chi connectivity index (χ0) is 25.4. The Balaban J connectivity index is 1.52. The van der Waals surface area contributed by atoms with E-state index in [1.807, 2.05) is 13.0 Å². The second-order valence-electron chi connectivity index (χ2n) is 9.17. The number of hydrogen-bond acceptors (Lipinski definition) is 9. The van der Waals surface area contributed by atoms with Crippen LogP contribution in [0.3, 0.4) is 0 Å². The van der Waals surface area contributed by atoms with Crippen LogP contribution >= 0.6 is 0 Å². The Bertz CT molecular complexity index is 947. The van der Waals surface area contributed by atoms with Crippen molar-refractivity contribution >= 4 is 23.8 Å². The van der Waals surface area contributed by atoms with Gasteiger partial charge in [0, 0.05) is 38.7 Å². The molecule has 0 N–H and O–H groups in total. The number of oxime groups is 1. The van der Waals surface area contributed by atoms with Gasteiger partial charge >= 0.3 is 11.9 Å². The van der Waals surface area contributed by atoms with Crippen LogP contribution < -0.4 is 4.90 Å². The molecule has 0 bridgehead atoms. The number of rotatable bonds is 9. The van der Waals surface area contributed by atoms with Gasteiger partial charge in [0.15, 0.2) is 0 Å². The lowest BCUT2D eigenvalue weighted by atomic mass is 10.1. The van der Waals surface area contributed by atoms with E-state index in [0.29, 0.717) is 6.42 Å². The normalized spacial score (nSPS) is 22.9. The third-order valence-electron chi connectivity index (χ3n) is 6.07. The predicted molar refractivity (Wildman–Crippen MR) is 133 cm³/mol. The summed E-state index contributed by atoms with van der Waals surface area (Å²) in [6, 6.07) is 2.24. The number of carbonyl (C=O) groups is 2. The summed E-state index contributed by atoms with van der Waals surface area (Å²) in [5.74, 6) is -0.843. The predicted octanol–water partition coefficient (Wildman–Crippen LogP) is 3.44. The molecule has 0 fully saturated rings. The maximum atomic E-state index is 11.3. The minimum atomic E-state index is -0.602. The number of esters is 2. The second kappa shape index (κ2) is 12.7. The van der Waals surface area contributed by atoms with Crippen molar-refractivity contribution < 1.29 is 28.6 Å². The monoisotopic (exact) mass is 487 g/mol. The lowest BCUT2D eigenvalue weighted by Gasteiger charge is -2.31. The molecule has 0 radical (unpaired) electrons. The summed E-state index contributed by atoms with van der Waals surface area (Å²) in [5.41, 5.74) is 4.66. The van der Waals surface area contributed by atoms with Gasteiger partial charge in [0.1, 0.15) is 24.9 Å². The topological polar surface area (TPSA) is 99.6 Å². The van der Waals surface area contributed by atoms with Crippen LogP contribution in [0.5, 0.6) is 0 Å². The highest BCUT2D eigenvalue weighted by Gasteiger charge is 2.30. The number of aromatic nitrogens is 1. The molecule has 35 heavy (non-hydrogen) atoms. The molecule has 0 aromatic carbocycles. The Labute approximate surface area is 207 Å². The number of carbonyl (C=O) groups excluding carboxylic acids is 2. The average Bonchev–Trinajstić information content (AvgIpc) is 2.98. The fourth-order valence-corrected chi connectivity index (χ4v) is 4.22. The molecule has 0 spiro atoms. The molecule has 0 aliphatic carbocycles. The molecule has 0 saturated carbocycles. The molecule has 9 nitrogen and oxygen atoms in total. The van der Waals surface area contributed by atoms with E-state index >= 15 is 0 Å². The lowest BCUT2D eigenvalue weighted by molar-refractivity contribution is -0.162. The zero-order valence-electron chi connectivity index (χ0n) is 21.4. The number of hydrogen-bond donors (Lipinski definition) is 0. The SMILES string of the molecule is CC(=O)OC[C@@H]1O[C@H](C/C=N\O[C@@H](C)CN2CCCCc3nc(C)c(C)cc32)C=C[C@@H]1OC(C)=O. The third kappa shape index (κ3) is 8.06. The molecule has 4 atom stereocenters. The van der Waals surface area contributed by atoms with Gasteiger partial charge in [0.2, 0.25) is 0 Å². The van der Waals surface area contributed by atoms with E-state index in [2.05, 4.69) is 30.0 Å². The first-order chi connectivity index (χ1) is 16.7. The number of nitrogens with zero attached hydrogens (tertiary/aromatic N) is 3. The van der Waals surface area contributed by atoms with Crippen molar-refractivity contribution in [1.29, 1.82) is 0 Å². The van der Waals surface area contributed by atoms with Crippen molar-refractivity contribution in [2.24, 2.45) is 5.16 Å². The van der Waals surface area contributed by atoms with Gasteiger partial charge in [-0.05, 0) is 57.7 Å². The van der Waals surface area contributed by atoms with Gasteiger partial charge in [-0.2, -0.15) is 0 Å². The molecule has 1 aromatic rings. The van der Waals surface area contributed by atoms with Crippen molar-refractivity contribution in [2.75, 3.05) is 24.6 Å². The Morgan fingerprint density at radius 2 is 2.06 bits per heavy atom. The minimum Gasteiger partial charge on any atom is -0.463 e. The first kappa shape index (κ1) is 26.7. The molecule has 3 heterocycles. The van der Waals surface area contributed by atoms with Gasteiger partial charge in [0.25, 0.3) is 0 Å². The Morgan fingerprint density at radius 3 is 2.80 bits per heavy atom. The lowest BCUT2D eigenvalue weighted by Crippen LogP contribution is -2.41. The molecule has 9 heteroatoms. The highest BCUT2D eigenvalue weighted by molar-refractivity contribution is 5.67. The quantitative estimate of drug-likeness (QED) is 0.226. The van der Waals surface area contributed by atoms with Gasteiger partial charge in [-0.1, -0.05) is 11.2 Å². The van der Waals surface area contributed by atoms with E-state index in [1.54, 1.807) is 12.3 Å². The van der Waals surface area contributed by atoms with Crippen molar-refractivity contribution in [3.05, 3.63) is 35.2 Å². The molecule has 3 rings (SSSR count). The summed E-state index contributed by atoms with van der Waals surface area (Å²) >= 11 is 0. The molecular weight excluding hydrogens is 450 g/mol. The standard InChI is InChI=1S/C26H37N3O6/c1-17-14-24-23(28-19(17)3)8-6-7-13-29(24)15-18(2)35-27-12-11-22-9-10-25(33-21(5)31)26(34-22)16-32-20(4)30/h9-10,12,14,18,22,25-26H,6-8,11,13,15-16H2,1-5H3/b27-12-/t18-,22-,25-,26-/m0/s1. The first-order valence-corrected chi connectivity index (χ1v) is 12.3. The summed E-state index contributed by atoms with van der Waals surface area (Å²) in [4.78, 5) is 35.4. The first-order valence-electron chi connectivity index (χ1n) is 12.3. The molecule has 2 aliphatic heterocycles. The van der Waals surface area contributed by atoms with Gasteiger partial charge in [-0.3, -0.25) is 14.6 Å². The van der Waals surface area contributed by atoms with Crippen LogP contribution in [0.2, 0.25) is 0 Å². The van der Waals surface area contributed by atoms with Gasteiger partial charge in [0.05, 0.1) is 24.0 Å². The summed E-state index contributed by atoms with van der Waals surface area (Å²) < 4.78 is 16.3. The highest BCUT2D eigenvalue weighted by atomic mass is 16.6. The number of aryl methyl sites for hydroxylation is 3. The molecule has 0 unspecified atom stereocenters. The van der Waals surface area contributed by atoms with Crippen LogP contribution in [-0.4, -0.2) is 67.2 Å². The molecular formula is C26H37N3O6. The van der Waals surface area contributed by atoms with E-state index in [9.17, 15) is 9.59 Å². The smallest absolute Gasteiger partial charge is 0.303 e. The van der Waals surface area contributed by atoms with E-state index in [1.165, 1.54) is 25.1 Å². The van der Waals surface area contributed by atoms with E-state index in [0.717, 1.165) is 43.7 Å². The van der Waals surface area contributed by atoms with Crippen LogP contribution in [-0.2, 0) is 35.1 Å². The van der Waals surface area contributed by atoms with Crippen LogP contribution in [0.15, 0.2) is 23.4 Å². The summed E-state index contributed by atoms with van der Waals surface area (Å²) in [6.07, 6.45) is 7.42. The van der Waals surface area contributed by atoms with Crippen LogP contribution in [0, 0.1) is 13.8 Å². The summed E-state index contributed by atoms with van der Waals surface area (Å²) in [7, 11) is 0. The van der Waals surface area contributed by atoms with Gasteiger partial charge < -0.3 is 23.9 Å². The maximum absolute atomic E-state index is 11.3. The summed E-state index contributed by atoms with van der Waals surface area (Å²) in [6.45, 7) is 10.5. The van der Waals surface area contributed by atoms with Gasteiger partial charge in [-0.25, -0.2) is 0 Å². The average molecular weight is 488 g/mol. The van der Waals surface area contributed by atoms with Crippen molar-refractivity contribution in [2.45, 2.75) is 84.7 Å². The van der Waals surface area contributed by atoms with Crippen LogP contribution in [0.1, 0.15) is 57.0 Å². The number of pyridine rings is 1. The Morgan fingerprint density at radius 1 is 1.26 bits per heavy atom. The molecule has 2 aliphatic rings. The van der Waals surface area contributed by atoms with Crippen LogP contribution in [0.4, 0.5) is 5.69 Å².